The molecule has 0 unspecified atom stereocenters. The smallest absolute Gasteiger partial charge is 0.341 e. The summed E-state index contributed by atoms with van der Waals surface area (Å²) in [6.07, 6.45) is 1.27. The predicted octanol–water partition coefficient (Wildman–Crippen LogP) is 6.22. The highest BCUT2D eigenvalue weighted by Crippen LogP contribution is 2.37. The van der Waals surface area contributed by atoms with Crippen molar-refractivity contribution in [1.29, 1.82) is 0 Å². The van der Waals surface area contributed by atoms with Gasteiger partial charge in [-0.2, -0.15) is 0 Å². The van der Waals surface area contributed by atoms with Gasteiger partial charge >= 0.3 is 5.97 Å². The molecule has 2 N–H and O–H groups in total. The minimum absolute atomic E-state index is 0.155. The molecule has 3 aromatic heterocycles. The lowest BCUT2D eigenvalue weighted by Gasteiger charge is -2.10. The summed E-state index contributed by atoms with van der Waals surface area (Å²) in [6, 6.07) is 13.9. The van der Waals surface area contributed by atoms with Crippen molar-refractivity contribution in [3.8, 4) is 16.9 Å². The third kappa shape index (κ3) is 6.17. The number of methoxy groups -OCH3 is 1. The lowest BCUT2D eigenvalue weighted by Crippen LogP contribution is -2.28. The van der Waals surface area contributed by atoms with Crippen LogP contribution in [0.1, 0.15) is 32.5 Å². The van der Waals surface area contributed by atoms with Crippen LogP contribution in [-0.4, -0.2) is 41.1 Å². The molecule has 0 saturated carbocycles. The number of nitrogens with zero attached hydrogens (tertiary/aromatic N) is 2. The van der Waals surface area contributed by atoms with Gasteiger partial charge < -0.3 is 20.1 Å². The molecule has 0 spiro atoms. The van der Waals surface area contributed by atoms with E-state index in [0.29, 0.717) is 37.3 Å². The first-order chi connectivity index (χ1) is 20.7. The molecule has 2 amide bonds. The van der Waals surface area contributed by atoms with Gasteiger partial charge in [-0.15, -0.1) is 22.7 Å². The standard InChI is InChI=1S/C30H25ClN4O6S2/c1-4-41-30(39)24-19(17-9-11-18(31)12-10-17)14-42-28(24)34-22(36)13-35-15-32-27-23(29(35)38)16(2)25(43-27)26(37)33-20-7-5-6-8-21(20)40-3/h5-12,14-15H,4,13H2,1-3H3,(H,33,37)(H,34,36). The van der Waals surface area contributed by atoms with Crippen molar-refractivity contribution in [2.75, 3.05) is 24.4 Å². The number of carbonyl (C=O) groups excluding carboxylic acids is 3. The quantitative estimate of drug-likeness (QED) is 0.184. The van der Waals surface area contributed by atoms with Crippen molar-refractivity contribution in [3.05, 3.63) is 91.6 Å². The summed E-state index contributed by atoms with van der Waals surface area (Å²) in [5.74, 6) is -1.04. The van der Waals surface area contributed by atoms with Crippen LogP contribution in [0.5, 0.6) is 5.75 Å². The molecule has 2 aromatic carbocycles. The van der Waals surface area contributed by atoms with E-state index in [2.05, 4.69) is 15.6 Å². The Bertz CT molecular complexity index is 1910. The summed E-state index contributed by atoms with van der Waals surface area (Å²) in [5.41, 5.74) is 2.00. The number of aryl methyl sites for hydroxylation is 1. The summed E-state index contributed by atoms with van der Waals surface area (Å²) in [4.78, 5) is 57.6. The molecule has 0 aliphatic carbocycles. The average Bonchev–Trinajstić information content (AvgIpc) is 3.56. The molecule has 0 radical (unpaired) electrons. The maximum atomic E-state index is 13.4. The number of anilines is 2. The number of rotatable bonds is 9. The van der Waals surface area contributed by atoms with E-state index in [9.17, 15) is 19.2 Å². The van der Waals surface area contributed by atoms with Gasteiger partial charge in [0.1, 0.15) is 27.7 Å². The number of halogens is 1. The van der Waals surface area contributed by atoms with E-state index < -0.39 is 23.3 Å². The number of carbonyl (C=O) groups is 3. The third-order valence-electron chi connectivity index (χ3n) is 6.47. The van der Waals surface area contributed by atoms with Crippen molar-refractivity contribution in [2.24, 2.45) is 0 Å². The van der Waals surface area contributed by atoms with E-state index >= 15 is 0 Å². The highest BCUT2D eigenvalue weighted by molar-refractivity contribution is 7.20. The molecule has 220 valence electrons. The number of fused-ring (bicyclic) bond motifs is 1. The van der Waals surface area contributed by atoms with Gasteiger partial charge in [-0.25, -0.2) is 9.78 Å². The average molecular weight is 637 g/mol. The second-order valence-electron chi connectivity index (χ2n) is 9.20. The van der Waals surface area contributed by atoms with Gasteiger partial charge in [-0.05, 0) is 49.2 Å². The zero-order chi connectivity index (χ0) is 30.7. The number of esters is 1. The molecular formula is C30H25ClN4O6S2. The summed E-state index contributed by atoms with van der Waals surface area (Å²) >= 11 is 8.27. The molecule has 5 aromatic rings. The maximum absolute atomic E-state index is 13.4. The maximum Gasteiger partial charge on any atom is 0.341 e. The Morgan fingerprint density at radius 2 is 1.81 bits per heavy atom. The minimum atomic E-state index is -0.586. The number of hydrogen-bond donors (Lipinski definition) is 2. The molecule has 0 aliphatic heterocycles. The van der Waals surface area contributed by atoms with E-state index in [-0.39, 0.29) is 29.1 Å². The zero-order valence-corrected chi connectivity index (χ0v) is 25.6. The molecule has 0 atom stereocenters. The van der Waals surface area contributed by atoms with Crippen LogP contribution in [0, 0.1) is 6.92 Å². The van der Waals surface area contributed by atoms with Gasteiger partial charge in [0.05, 0.1) is 36.0 Å². The zero-order valence-electron chi connectivity index (χ0n) is 23.2. The summed E-state index contributed by atoms with van der Waals surface area (Å²) < 4.78 is 11.7. The molecule has 10 nitrogen and oxygen atoms in total. The van der Waals surface area contributed by atoms with Gasteiger partial charge in [0.25, 0.3) is 11.5 Å². The van der Waals surface area contributed by atoms with E-state index in [1.807, 2.05) is 0 Å². The van der Waals surface area contributed by atoms with E-state index in [1.165, 1.54) is 24.8 Å². The van der Waals surface area contributed by atoms with Crippen molar-refractivity contribution in [2.45, 2.75) is 20.4 Å². The third-order valence-corrected chi connectivity index (χ3v) is 8.82. The van der Waals surface area contributed by atoms with Gasteiger partial charge in [0.15, 0.2) is 0 Å². The van der Waals surface area contributed by atoms with Crippen LogP contribution in [0.2, 0.25) is 5.02 Å². The molecule has 0 bridgehead atoms. The SMILES string of the molecule is CCOC(=O)c1c(-c2ccc(Cl)cc2)csc1NC(=O)Cn1cnc2sc(C(=O)Nc3ccccc3OC)c(C)c2c1=O. The Morgan fingerprint density at radius 3 is 2.53 bits per heavy atom. The lowest BCUT2D eigenvalue weighted by atomic mass is 10.0. The van der Waals surface area contributed by atoms with Gasteiger partial charge in [-0.3, -0.25) is 19.0 Å². The van der Waals surface area contributed by atoms with Crippen LogP contribution in [0.25, 0.3) is 21.3 Å². The number of ether oxygens (including phenoxy) is 2. The summed E-state index contributed by atoms with van der Waals surface area (Å²) in [7, 11) is 1.51. The molecule has 0 fully saturated rings. The lowest BCUT2D eigenvalue weighted by molar-refractivity contribution is -0.116. The van der Waals surface area contributed by atoms with E-state index in [1.54, 1.807) is 67.8 Å². The predicted molar refractivity (Wildman–Crippen MR) is 169 cm³/mol. The number of amides is 2. The number of nitrogens with one attached hydrogen (secondary N) is 2. The molecule has 3 heterocycles. The van der Waals surface area contributed by atoms with Crippen molar-refractivity contribution < 1.29 is 23.9 Å². The van der Waals surface area contributed by atoms with Crippen LogP contribution >= 0.6 is 34.3 Å². The Hall–Kier alpha value is -4.52. The second kappa shape index (κ2) is 12.8. The van der Waals surface area contributed by atoms with Gasteiger partial charge in [0.2, 0.25) is 5.91 Å². The number of aromatic nitrogens is 2. The minimum Gasteiger partial charge on any atom is -0.495 e. The topological polar surface area (TPSA) is 129 Å². The first-order valence-electron chi connectivity index (χ1n) is 13.0. The van der Waals surface area contributed by atoms with Gasteiger partial charge in [0, 0.05) is 16.0 Å². The van der Waals surface area contributed by atoms with E-state index in [0.717, 1.165) is 21.5 Å². The van der Waals surface area contributed by atoms with Crippen molar-refractivity contribution in [3.63, 3.8) is 0 Å². The second-order valence-corrected chi connectivity index (χ2v) is 11.5. The van der Waals surface area contributed by atoms with Crippen LogP contribution in [0.4, 0.5) is 10.7 Å². The Labute approximate surface area is 258 Å². The molecular weight excluding hydrogens is 612 g/mol. The molecule has 0 saturated heterocycles. The Kier molecular flexibility index (Phi) is 8.90. The number of thiophene rings is 2. The molecule has 5 rings (SSSR count). The highest BCUT2D eigenvalue weighted by Gasteiger charge is 2.24. The fraction of sp³-hybridized carbons (Fsp3) is 0.167. The fourth-order valence-corrected chi connectivity index (χ4v) is 6.57. The van der Waals surface area contributed by atoms with Crippen LogP contribution in [0.15, 0.2) is 65.0 Å². The number of benzene rings is 2. The van der Waals surface area contributed by atoms with Gasteiger partial charge in [-0.1, -0.05) is 35.9 Å². The van der Waals surface area contributed by atoms with Crippen molar-refractivity contribution in [1.82, 2.24) is 9.55 Å². The first kappa shape index (κ1) is 30.0. The number of hydrogen-bond acceptors (Lipinski definition) is 9. The fourth-order valence-electron chi connectivity index (χ4n) is 4.43. The molecule has 43 heavy (non-hydrogen) atoms. The largest absolute Gasteiger partial charge is 0.495 e. The molecule has 0 aliphatic rings. The summed E-state index contributed by atoms with van der Waals surface area (Å²) in [6.45, 7) is 3.15. The van der Waals surface area contributed by atoms with Crippen LogP contribution in [0.3, 0.4) is 0 Å². The Balaban J connectivity index is 1.40. The monoisotopic (exact) mass is 636 g/mol. The first-order valence-corrected chi connectivity index (χ1v) is 15.1. The van der Waals surface area contributed by atoms with Crippen LogP contribution < -0.4 is 20.9 Å². The Morgan fingerprint density at radius 1 is 1.07 bits per heavy atom. The van der Waals surface area contributed by atoms with Crippen LogP contribution in [-0.2, 0) is 16.1 Å². The molecule has 13 heteroatoms. The number of para-hydroxylation sites is 2. The highest BCUT2D eigenvalue weighted by atomic mass is 35.5. The van der Waals surface area contributed by atoms with E-state index in [4.69, 9.17) is 21.1 Å². The van der Waals surface area contributed by atoms with Crippen molar-refractivity contribution >= 4 is 73.0 Å². The summed E-state index contributed by atoms with van der Waals surface area (Å²) in [5, 5.41) is 8.39. The normalized spacial score (nSPS) is 10.9.